The van der Waals surface area contributed by atoms with Gasteiger partial charge < -0.3 is 4.74 Å². The Morgan fingerprint density at radius 1 is 1.24 bits per heavy atom. The molecular weight excluding hydrogens is 756 g/mol. The average Bonchev–Trinajstić information content (AvgIpc) is 2.97. The molecule has 20 heteroatoms. The van der Waals surface area contributed by atoms with Crippen LogP contribution < -0.4 is 4.74 Å². The van der Waals surface area contributed by atoms with E-state index in [2.05, 4.69) is 53.5 Å². The van der Waals surface area contributed by atoms with Crippen LogP contribution in [0.15, 0.2) is 42.5 Å². The molecule has 2 aromatic rings. The molecule has 41 heavy (non-hydrogen) atoms. The van der Waals surface area contributed by atoms with Gasteiger partial charge in [-0.2, -0.15) is 0 Å². The first kappa shape index (κ1) is 38.3. The zero-order chi connectivity index (χ0) is 30.0. The van der Waals surface area contributed by atoms with Gasteiger partial charge in [-0.1, -0.05) is 0 Å². The molecular formula is C21H29ClO8P11+. The van der Waals surface area contributed by atoms with Crippen LogP contribution in [0.25, 0.3) is 0 Å². The van der Waals surface area contributed by atoms with Gasteiger partial charge in [-0.3, -0.25) is 0 Å². The molecule has 8 nitrogen and oxygen atoms in total. The van der Waals surface area contributed by atoms with E-state index >= 15 is 0 Å². The fourth-order valence-electron chi connectivity index (χ4n) is 4.29. The van der Waals surface area contributed by atoms with Crippen molar-refractivity contribution in [3.05, 3.63) is 64.2 Å². The fourth-order valence-corrected chi connectivity index (χ4v) is 8.94. The Bertz CT molecular complexity index is 1290. The van der Waals surface area contributed by atoms with Gasteiger partial charge >= 0.3 is 243 Å². The molecule has 0 saturated carbocycles. The molecule has 1 N–H and O–H groups in total. The van der Waals surface area contributed by atoms with Crippen LogP contribution in [0.1, 0.15) is 29.7 Å². The molecule has 2 aromatic carbocycles. The van der Waals surface area contributed by atoms with Crippen molar-refractivity contribution in [1.82, 2.24) is 0 Å². The molecule has 1 fully saturated rings. The zero-order valence-corrected chi connectivity index (χ0v) is 33.3. The van der Waals surface area contributed by atoms with Crippen LogP contribution in [0.5, 0.6) is 5.75 Å². The van der Waals surface area contributed by atoms with Crippen molar-refractivity contribution in [3.63, 3.8) is 0 Å². The van der Waals surface area contributed by atoms with Crippen LogP contribution in [-0.4, -0.2) is 42.7 Å². The third-order valence-corrected chi connectivity index (χ3v) is 17.5. The van der Waals surface area contributed by atoms with Crippen LogP contribution in [0, 0.1) is 0 Å². The number of halogens is 1. The molecule has 0 bridgehead atoms. The molecule has 0 radical (unpaired) electrons. The van der Waals surface area contributed by atoms with Crippen molar-refractivity contribution in [3.8, 4) is 5.75 Å². The van der Waals surface area contributed by atoms with E-state index in [0.717, 1.165) is 11.3 Å². The van der Waals surface area contributed by atoms with E-state index in [9.17, 15) is 5.11 Å². The van der Waals surface area contributed by atoms with Gasteiger partial charge in [-0.15, -0.1) is 0 Å². The summed E-state index contributed by atoms with van der Waals surface area (Å²) in [5.41, 5.74) is 1.87. The van der Waals surface area contributed by atoms with E-state index in [1.54, 1.807) is 18.2 Å². The number of aliphatic hydroxyl groups is 1. The predicted molar refractivity (Wildman–Crippen MR) is 190 cm³/mol. The molecule has 1 aliphatic rings. The first-order chi connectivity index (χ1) is 19.8. The minimum atomic E-state index is -1.97. The third-order valence-electron chi connectivity index (χ3n) is 6.02. The molecule has 222 valence electrons. The van der Waals surface area contributed by atoms with Gasteiger partial charge in [0, 0.05) is 0 Å². The van der Waals surface area contributed by atoms with E-state index in [-0.39, 0.29) is 6.61 Å². The number of benzene rings is 2. The first-order valence-electron chi connectivity index (χ1n) is 11.8. The quantitative estimate of drug-likeness (QED) is 0.190. The summed E-state index contributed by atoms with van der Waals surface area (Å²) in [6.07, 6.45) is -3.71. The van der Waals surface area contributed by atoms with Gasteiger partial charge in [0.2, 0.25) is 0 Å². The first-order valence-corrected chi connectivity index (χ1v) is 25.1. The minimum absolute atomic E-state index is 0.0912. The van der Waals surface area contributed by atoms with Crippen LogP contribution in [0.2, 0.25) is 5.02 Å². The van der Waals surface area contributed by atoms with E-state index in [4.69, 9.17) is 43.7 Å². The summed E-state index contributed by atoms with van der Waals surface area (Å²) < 4.78 is 41.7. The molecule has 0 amide bonds. The molecule has 7 unspecified atom stereocenters. The van der Waals surface area contributed by atoms with Gasteiger partial charge in [-0.05, 0) is 6.92 Å². The second kappa shape index (κ2) is 19.6. The normalized spacial score (nSPS) is 26.2. The van der Waals surface area contributed by atoms with Crippen LogP contribution in [0.4, 0.5) is 0 Å². The second-order valence-electron chi connectivity index (χ2n) is 8.31. The maximum absolute atomic E-state index is 12.4. The summed E-state index contributed by atoms with van der Waals surface area (Å²) in [4.78, 5) is 0. The molecule has 1 saturated heterocycles. The zero-order valence-electron chi connectivity index (χ0n) is 21.5. The van der Waals surface area contributed by atoms with Crippen molar-refractivity contribution < 1.29 is 37.2 Å². The van der Waals surface area contributed by atoms with Crippen LogP contribution in [0.3, 0.4) is 0 Å². The monoisotopic (exact) mass is 785 g/mol. The van der Waals surface area contributed by atoms with E-state index < -0.39 is 43.8 Å². The van der Waals surface area contributed by atoms with Gasteiger partial charge in [0.15, 0.2) is 0 Å². The van der Waals surface area contributed by atoms with Crippen molar-refractivity contribution >= 4 is 104 Å². The number of hydrogen-bond donors (Lipinski definition) is 1. The molecule has 0 aliphatic carbocycles. The Balaban J connectivity index is 2.16. The van der Waals surface area contributed by atoms with E-state index in [0.29, 0.717) is 53.7 Å². The van der Waals surface area contributed by atoms with Crippen molar-refractivity contribution in [2.75, 3.05) is 13.2 Å². The standard InChI is InChI=1S/C21H29ClO8P11/c1-2-24-13-6-3-11(4-7-13)17(27-32)14-9-12(5-8-15(14)22)21(23)20(30-41(36)40-35)19(29-38-39-34)18(28-37-33)16(26-21)10-25-31/h3-9,16-20,23,40H,2,10,31-32,35-36H2,1H3/q+1/t16-,17?,18-,19+,20-,21+,41?/m1/s1. The SMILES string of the molecule is CCOc1ccc(C(OP)c2cc([C@]3(O)O[C@H](COP)[C@@H](O[P+]#P)[C@H](OP=P#P)[C@H]3OP(P)PP)ccc2Cl)cc1. The van der Waals surface area contributed by atoms with Crippen LogP contribution in [-0.2, 0) is 33.1 Å². The maximum atomic E-state index is 12.4. The molecule has 3 rings (SSSR count). The number of hydrogen-bond acceptors (Lipinski definition) is 8. The molecule has 0 aromatic heterocycles. The van der Waals surface area contributed by atoms with Crippen molar-refractivity contribution in [1.29, 1.82) is 0 Å². The van der Waals surface area contributed by atoms with E-state index in [1.165, 1.54) is 0 Å². The molecule has 1 aliphatic heterocycles. The van der Waals surface area contributed by atoms with Gasteiger partial charge in [-0.25, -0.2) is 0 Å². The van der Waals surface area contributed by atoms with Gasteiger partial charge in [0.05, 0.1) is 6.61 Å². The Labute approximate surface area is 265 Å². The Morgan fingerprint density at radius 3 is 2.56 bits per heavy atom. The molecule has 1 heterocycles. The fraction of sp³-hybridized carbons (Fsp3) is 0.429. The van der Waals surface area contributed by atoms with E-state index in [1.807, 2.05) is 31.2 Å². The summed E-state index contributed by atoms with van der Waals surface area (Å²) in [5.74, 6) is -1.22. The Kier molecular flexibility index (Phi) is 18.3. The van der Waals surface area contributed by atoms with Crippen LogP contribution >= 0.6 is 104 Å². The van der Waals surface area contributed by atoms with Gasteiger partial charge in [0.1, 0.15) is 5.75 Å². The second-order valence-corrected chi connectivity index (χ2v) is 21.9. The Morgan fingerprint density at radius 2 is 1.98 bits per heavy atom. The topological polar surface area (TPSA) is 84.8 Å². The molecule has 12 atom stereocenters. The number of rotatable bonds is 14. The summed E-state index contributed by atoms with van der Waals surface area (Å²) in [6, 6.07) is 12.7. The van der Waals surface area contributed by atoms with Gasteiger partial charge in [0.25, 0.3) is 0 Å². The average molecular weight is 786 g/mol. The summed E-state index contributed by atoms with van der Waals surface area (Å²) >= 11 is 6.71. The van der Waals surface area contributed by atoms with Crippen molar-refractivity contribution in [2.45, 2.75) is 43.2 Å². The predicted octanol–water partition coefficient (Wildman–Crippen LogP) is 9.95. The third kappa shape index (κ3) is 10.2. The Hall–Kier alpha value is 2.85. The summed E-state index contributed by atoms with van der Waals surface area (Å²) in [6.45, 7) is 3.26. The number of ether oxygens (including phenoxy) is 2. The summed E-state index contributed by atoms with van der Waals surface area (Å²) in [7, 11) is 18.7. The molecule has 0 spiro atoms. The van der Waals surface area contributed by atoms with Crippen molar-refractivity contribution in [2.24, 2.45) is 0 Å². The summed E-state index contributed by atoms with van der Waals surface area (Å²) in [5, 5.41) is 12.9.